The molecule has 6 nitrogen and oxygen atoms in total. The van der Waals surface area contributed by atoms with Crippen LogP contribution in [-0.4, -0.2) is 31.2 Å². The highest BCUT2D eigenvalue weighted by Crippen LogP contribution is 2.33. The lowest BCUT2D eigenvalue weighted by Gasteiger charge is -2.10. The fourth-order valence-electron chi connectivity index (χ4n) is 1.58. The summed E-state index contributed by atoms with van der Waals surface area (Å²) in [7, 11) is 1.44. The summed E-state index contributed by atoms with van der Waals surface area (Å²) in [5.74, 6) is -2.34. The zero-order valence-corrected chi connectivity index (χ0v) is 14.3. The molecular weight excluding hydrogens is 341 g/mol. The van der Waals surface area contributed by atoms with Crippen molar-refractivity contribution in [2.24, 2.45) is 10.9 Å². The van der Waals surface area contributed by atoms with E-state index in [0.717, 1.165) is 6.21 Å². The third-order valence-electron chi connectivity index (χ3n) is 2.63. The van der Waals surface area contributed by atoms with Crippen molar-refractivity contribution in [1.29, 1.82) is 5.26 Å². The monoisotopic (exact) mass is 355 g/mol. The van der Waals surface area contributed by atoms with Crippen LogP contribution in [0.4, 0.5) is 5.69 Å². The van der Waals surface area contributed by atoms with E-state index in [1.165, 1.54) is 19.2 Å². The van der Waals surface area contributed by atoms with Gasteiger partial charge in [-0.15, -0.1) is 0 Å². The predicted molar refractivity (Wildman–Crippen MR) is 88.3 cm³/mol. The summed E-state index contributed by atoms with van der Waals surface area (Å²) >= 11 is 12.1. The van der Waals surface area contributed by atoms with Gasteiger partial charge in [-0.05, 0) is 26.0 Å². The number of aliphatic imine (C=N–C) groups is 1. The van der Waals surface area contributed by atoms with E-state index in [-0.39, 0.29) is 27.4 Å². The first-order valence-corrected chi connectivity index (χ1v) is 7.41. The summed E-state index contributed by atoms with van der Waals surface area (Å²) in [6.07, 6.45) is 0.777. The number of halogens is 2. The van der Waals surface area contributed by atoms with Crippen LogP contribution in [0, 0.1) is 17.2 Å². The Balaban J connectivity index is 3.11. The van der Waals surface area contributed by atoms with Crippen molar-refractivity contribution >= 4 is 47.0 Å². The van der Waals surface area contributed by atoms with Gasteiger partial charge >= 0.3 is 5.97 Å². The molecule has 1 unspecified atom stereocenters. The molecule has 1 aromatic rings. The smallest absolute Gasteiger partial charge is 0.329 e. The molecule has 0 aliphatic rings. The van der Waals surface area contributed by atoms with Crippen LogP contribution in [0.25, 0.3) is 0 Å². The highest BCUT2D eigenvalue weighted by atomic mass is 35.5. The molecule has 1 N–H and O–H groups in total. The molecule has 0 aliphatic heterocycles. The van der Waals surface area contributed by atoms with Gasteiger partial charge in [0, 0.05) is 13.3 Å². The second-order valence-electron chi connectivity index (χ2n) is 4.71. The number of hydrogen-bond donors (Lipinski definition) is 1. The van der Waals surface area contributed by atoms with E-state index in [1.54, 1.807) is 19.9 Å². The van der Waals surface area contributed by atoms with Crippen molar-refractivity contribution in [1.82, 2.24) is 5.32 Å². The molecule has 23 heavy (non-hydrogen) atoms. The Labute approximate surface area is 144 Å². The number of benzene rings is 1. The lowest BCUT2D eigenvalue weighted by atomic mass is 10.1. The standard InChI is InChI=1S/C15H15Cl2N3O3/c1-8(2)23-15(22)9(6-18)7-20-11-5-4-10(16)12(13(11)17)14(21)19-3/h4-5,7-9H,1-3H3,(H,19,21). The molecule has 1 amide bonds. The van der Waals surface area contributed by atoms with Crippen molar-refractivity contribution in [3.8, 4) is 6.07 Å². The number of nitrogens with one attached hydrogen (secondary N) is 1. The molecule has 0 saturated heterocycles. The Morgan fingerprint density at radius 3 is 2.57 bits per heavy atom. The van der Waals surface area contributed by atoms with Gasteiger partial charge < -0.3 is 10.1 Å². The van der Waals surface area contributed by atoms with E-state index >= 15 is 0 Å². The van der Waals surface area contributed by atoms with Gasteiger partial charge in [0.25, 0.3) is 5.91 Å². The van der Waals surface area contributed by atoms with E-state index in [4.69, 9.17) is 33.2 Å². The van der Waals surface area contributed by atoms with E-state index in [2.05, 4.69) is 10.3 Å². The fourth-order valence-corrected chi connectivity index (χ4v) is 2.17. The van der Waals surface area contributed by atoms with Gasteiger partial charge in [0.15, 0.2) is 5.92 Å². The van der Waals surface area contributed by atoms with E-state index in [0.29, 0.717) is 0 Å². The first-order valence-electron chi connectivity index (χ1n) is 6.66. The van der Waals surface area contributed by atoms with E-state index in [9.17, 15) is 9.59 Å². The molecule has 8 heteroatoms. The number of carbonyl (C=O) groups is 2. The molecule has 122 valence electrons. The van der Waals surface area contributed by atoms with Crippen molar-refractivity contribution in [2.75, 3.05) is 7.05 Å². The van der Waals surface area contributed by atoms with Crippen LogP contribution < -0.4 is 5.32 Å². The number of nitrogens with zero attached hydrogens (tertiary/aromatic N) is 2. The summed E-state index contributed by atoms with van der Waals surface area (Å²) in [5, 5.41) is 11.6. The number of rotatable bonds is 5. The van der Waals surface area contributed by atoms with Crippen LogP contribution >= 0.6 is 23.2 Å². The SMILES string of the molecule is CNC(=O)c1c(Cl)ccc(N=CC(C#N)C(=O)OC(C)C)c1Cl. The summed E-state index contributed by atoms with van der Waals surface area (Å²) in [5.41, 5.74) is 0.288. The molecule has 1 rings (SSSR count). The number of nitriles is 1. The molecule has 0 heterocycles. The number of amides is 1. The van der Waals surface area contributed by atoms with Crippen molar-refractivity contribution in [2.45, 2.75) is 20.0 Å². The first kappa shape index (κ1) is 18.9. The third-order valence-corrected chi connectivity index (χ3v) is 3.33. The first-order chi connectivity index (χ1) is 10.8. The van der Waals surface area contributed by atoms with Gasteiger partial charge in [0.05, 0.1) is 33.5 Å². The van der Waals surface area contributed by atoms with Gasteiger partial charge in [0.1, 0.15) is 0 Å². The summed E-state index contributed by atoms with van der Waals surface area (Å²) in [4.78, 5) is 27.5. The predicted octanol–water partition coefficient (Wildman–Crippen LogP) is 3.15. The molecule has 1 atom stereocenters. The topological polar surface area (TPSA) is 91.5 Å². The maximum atomic E-state index is 11.8. The highest BCUT2D eigenvalue weighted by molar-refractivity contribution is 6.41. The van der Waals surface area contributed by atoms with Crippen molar-refractivity contribution in [3.05, 3.63) is 27.7 Å². The second kappa shape index (κ2) is 8.51. The van der Waals surface area contributed by atoms with Crippen molar-refractivity contribution in [3.63, 3.8) is 0 Å². The quantitative estimate of drug-likeness (QED) is 0.648. The molecule has 0 aliphatic carbocycles. The molecule has 0 bridgehead atoms. The maximum Gasteiger partial charge on any atom is 0.329 e. The molecule has 0 radical (unpaired) electrons. The van der Waals surface area contributed by atoms with Crippen molar-refractivity contribution < 1.29 is 14.3 Å². The molecular formula is C15H15Cl2N3O3. The minimum atomic E-state index is -1.17. The van der Waals surface area contributed by atoms with Gasteiger partial charge in [-0.25, -0.2) is 0 Å². The fraction of sp³-hybridized carbons (Fsp3) is 0.333. The van der Waals surface area contributed by atoms with Gasteiger partial charge in [-0.3, -0.25) is 14.6 Å². The number of esters is 1. The Morgan fingerprint density at radius 2 is 2.04 bits per heavy atom. The summed E-state index contributed by atoms with van der Waals surface area (Å²) < 4.78 is 4.95. The largest absolute Gasteiger partial charge is 0.462 e. The molecule has 0 fully saturated rings. The average molecular weight is 356 g/mol. The minimum absolute atomic E-state index is 0.0296. The minimum Gasteiger partial charge on any atom is -0.462 e. The third kappa shape index (κ3) is 4.95. The lowest BCUT2D eigenvalue weighted by Crippen LogP contribution is -2.21. The van der Waals surface area contributed by atoms with Gasteiger partial charge in [-0.2, -0.15) is 5.26 Å². The van der Waals surface area contributed by atoms with Crippen LogP contribution in [-0.2, 0) is 9.53 Å². The molecule has 0 aromatic heterocycles. The summed E-state index contributed by atoms with van der Waals surface area (Å²) in [6.45, 7) is 3.35. The van der Waals surface area contributed by atoms with Crippen LogP contribution in [0.2, 0.25) is 10.0 Å². The maximum absolute atomic E-state index is 11.8. The molecule has 0 saturated carbocycles. The number of carbonyl (C=O) groups excluding carboxylic acids is 2. The number of hydrogen-bond acceptors (Lipinski definition) is 5. The lowest BCUT2D eigenvalue weighted by molar-refractivity contribution is -0.148. The van der Waals surface area contributed by atoms with Crippen LogP contribution in [0.3, 0.4) is 0 Å². The van der Waals surface area contributed by atoms with E-state index in [1.807, 2.05) is 0 Å². The van der Waals surface area contributed by atoms with Crippen LogP contribution in [0.15, 0.2) is 17.1 Å². The Kier molecular flexibility index (Phi) is 7.01. The van der Waals surface area contributed by atoms with Crippen LogP contribution in [0.5, 0.6) is 0 Å². The Hall–Kier alpha value is -2.10. The van der Waals surface area contributed by atoms with E-state index < -0.39 is 17.8 Å². The molecule has 1 aromatic carbocycles. The Morgan fingerprint density at radius 1 is 1.39 bits per heavy atom. The molecule has 0 spiro atoms. The Bertz CT molecular complexity index is 681. The summed E-state index contributed by atoms with van der Waals surface area (Å²) in [6, 6.07) is 4.72. The highest BCUT2D eigenvalue weighted by Gasteiger charge is 2.20. The zero-order chi connectivity index (χ0) is 17.6. The zero-order valence-electron chi connectivity index (χ0n) is 12.8. The van der Waals surface area contributed by atoms with Gasteiger partial charge in [-0.1, -0.05) is 23.2 Å². The normalized spacial score (nSPS) is 12.0. The number of ether oxygens (including phenoxy) is 1. The van der Waals surface area contributed by atoms with Crippen LogP contribution in [0.1, 0.15) is 24.2 Å². The average Bonchev–Trinajstić information content (AvgIpc) is 2.48. The second-order valence-corrected chi connectivity index (χ2v) is 5.49. The van der Waals surface area contributed by atoms with Gasteiger partial charge in [0.2, 0.25) is 0 Å².